The normalized spacial score (nSPS) is 17.4. The number of hydrogen-bond acceptors (Lipinski definition) is 2. The summed E-state index contributed by atoms with van der Waals surface area (Å²) in [4.78, 5) is 9.22. The maximum atomic E-state index is 9.22. The minimum atomic E-state index is -2.80. The lowest BCUT2D eigenvalue weighted by Gasteiger charge is -2.27. The van der Waals surface area contributed by atoms with E-state index in [1.165, 1.54) is 0 Å². The van der Waals surface area contributed by atoms with Gasteiger partial charge in [0.15, 0.2) is 0 Å². The highest BCUT2D eigenvalue weighted by atomic mass is 32.9. The van der Waals surface area contributed by atoms with Gasteiger partial charge in [-0.2, -0.15) is 0 Å². The van der Waals surface area contributed by atoms with E-state index in [0.717, 1.165) is 19.3 Å². The lowest BCUT2D eigenvalue weighted by atomic mass is 10.0. The molecular weight excluding hydrogens is 211 g/mol. The molecule has 0 fully saturated rings. The van der Waals surface area contributed by atoms with Crippen molar-refractivity contribution in [3.8, 4) is 0 Å². The quantitative estimate of drug-likeness (QED) is 0.559. The van der Waals surface area contributed by atoms with Crippen LogP contribution in [-0.2, 0) is 16.3 Å². The molecule has 0 saturated carbocycles. The van der Waals surface area contributed by atoms with E-state index in [1.54, 1.807) is 0 Å². The van der Waals surface area contributed by atoms with Gasteiger partial charge in [0.1, 0.15) is 0 Å². The zero-order valence-electron chi connectivity index (χ0n) is 7.78. The molecule has 0 amide bonds. The summed E-state index contributed by atoms with van der Waals surface area (Å²) in [6.07, 6.45) is 3.10. The summed E-state index contributed by atoms with van der Waals surface area (Å²) >= 11 is 8.52. The molecule has 0 heterocycles. The average molecular weight is 228 g/mol. The number of rotatable bonds is 5. The van der Waals surface area contributed by atoms with Crippen LogP contribution in [0, 0.1) is 0 Å². The molecule has 2 nitrogen and oxygen atoms in total. The number of unbranched alkanes of at least 4 members (excludes halogenated alkanes) is 1. The first-order valence-electron chi connectivity index (χ1n) is 4.03. The Hall–Kier alpha value is 0.920. The molecule has 0 aliphatic heterocycles. The van der Waals surface area contributed by atoms with Gasteiger partial charge in [-0.15, -0.1) is 0 Å². The van der Waals surface area contributed by atoms with Crippen LogP contribution in [0.5, 0.6) is 0 Å². The second-order valence-corrected chi connectivity index (χ2v) is 8.53. The van der Waals surface area contributed by atoms with Gasteiger partial charge in [0.05, 0.1) is 5.60 Å². The molecule has 0 aromatic carbocycles. The average Bonchev–Trinajstić information content (AvgIpc) is 1.78. The molecule has 0 saturated heterocycles. The topological polar surface area (TPSA) is 29.5 Å². The predicted molar refractivity (Wildman–Crippen MR) is 60.2 cm³/mol. The minimum Gasteiger partial charge on any atom is -0.338 e. The highest BCUT2D eigenvalue weighted by Gasteiger charge is 2.23. The largest absolute Gasteiger partial charge is 0.338 e. The van der Waals surface area contributed by atoms with E-state index >= 15 is 0 Å². The highest BCUT2D eigenvalue weighted by Crippen LogP contribution is 2.51. The molecule has 1 N–H and O–H groups in total. The van der Waals surface area contributed by atoms with Crippen molar-refractivity contribution in [2.75, 3.05) is 0 Å². The van der Waals surface area contributed by atoms with Crippen molar-refractivity contribution in [1.29, 1.82) is 0 Å². The molecule has 0 rings (SSSR count). The van der Waals surface area contributed by atoms with Gasteiger partial charge in [0.2, 0.25) is 5.69 Å². The fourth-order valence-corrected chi connectivity index (χ4v) is 2.97. The number of thiol groups is 1. The Balaban J connectivity index is 3.95. The van der Waals surface area contributed by atoms with Crippen molar-refractivity contribution in [1.82, 2.24) is 0 Å². The van der Waals surface area contributed by atoms with Crippen LogP contribution in [0.15, 0.2) is 0 Å². The van der Waals surface area contributed by atoms with Crippen molar-refractivity contribution >= 4 is 29.7 Å². The minimum absolute atomic E-state index is 0.345. The molecule has 1 unspecified atom stereocenters. The fraction of sp³-hybridized carbons (Fsp3) is 1.00. The summed E-state index contributed by atoms with van der Waals surface area (Å²) in [7, 11) is 0. The molecule has 0 spiro atoms. The Bertz CT molecular complexity index is 176. The van der Waals surface area contributed by atoms with E-state index in [0.29, 0.717) is 0 Å². The molecule has 0 bridgehead atoms. The predicted octanol–water partition coefficient (Wildman–Crippen LogP) is 3.12. The summed E-state index contributed by atoms with van der Waals surface area (Å²) in [5.41, 5.74) is -3.14. The van der Waals surface area contributed by atoms with Crippen LogP contribution in [0.1, 0.15) is 40.0 Å². The molecule has 1 atom stereocenters. The van der Waals surface area contributed by atoms with Crippen molar-refractivity contribution < 1.29 is 9.42 Å². The van der Waals surface area contributed by atoms with Gasteiger partial charge < -0.3 is 9.42 Å². The third kappa shape index (κ3) is 7.56. The van der Waals surface area contributed by atoms with Gasteiger partial charge in [0.25, 0.3) is 0 Å². The molecule has 74 valence electrons. The summed E-state index contributed by atoms with van der Waals surface area (Å²) < 4.78 is 5.27. The lowest BCUT2D eigenvalue weighted by Crippen LogP contribution is -2.21. The molecule has 0 aliphatic carbocycles. The van der Waals surface area contributed by atoms with Crippen LogP contribution in [0.3, 0.4) is 0 Å². The van der Waals surface area contributed by atoms with Crippen molar-refractivity contribution in [3.63, 3.8) is 0 Å². The van der Waals surface area contributed by atoms with E-state index < -0.39 is 5.69 Å². The molecule has 0 aromatic rings. The molecule has 0 radical (unpaired) electrons. The van der Waals surface area contributed by atoms with Crippen LogP contribution in [0.25, 0.3) is 0 Å². The van der Waals surface area contributed by atoms with Gasteiger partial charge in [-0.1, -0.05) is 32.0 Å². The van der Waals surface area contributed by atoms with E-state index in [-0.39, 0.29) is 5.60 Å². The van der Waals surface area contributed by atoms with Crippen molar-refractivity contribution in [2.45, 2.75) is 45.6 Å². The maximum Gasteiger partial charge on any atom is 0.242 e. The first-order valence-corrected chi connectivity index (χ1v) is 7.86. The van der Waals surface area contributed by atoms with E-state index in [2.05, 4.69) is 19.2 Å². The lowest BCUT2D eigenvalue weighted by molar-refractivity contribution is 0.103. The van der Waals surface area contributed by atoms with Gasteiger partial charge in [-0.05, 0) is 32.1 Å². The molecule has 0 aromatic heterocycles. The Morgan fingerprint density at radius 1 is 1.58 bits per heavy atom. The van der Waals surface area contributed by atoms with Crippen molar-refractivity contribution in [2.24, 2.45) is 0 Å². The van der Waals surface area contributed by atoms with Gasteiger partial charge >= 0.3 is 0 Å². The smallest absolute Gasteiger partial charge is 0.242 e. The van der Waals surface area contributed by atoms with Crippen LogP contribution in [0.2, 0.25) is 0 Å². The summed E-state index contributed by atoms with van der Waals surface area (Å²) in [6.45, 7) is 5.97. The Morgan fingerprint density at radius 2 is 2.08 bits per heavy atom. The third-order valence-corrected chi connectivity index (χ3v) is 2.70. The standard InChI is InChI=1S/C7H17O2PS2/c1-4-5-6-7(2,3)9-10(8,11)12/h4-6H2,1-3H3,(H2,8,11,12). The van der Waals surface area contributed by atoms with Crippen LogP contribution < -0.4 is 0 Å². The Morgan fingerprint density at radius 3 is 2.42 bits per heavy atom. The monoisotopic (exact) mass is 228 g/mol. The zero-order chi connectivity index (χ0) is 9.83. The van der Waals surface area contributed by atoms with E-state index in [9.17, 15) is 4.89 Å². The Labute approximate surface area is 85.0 Å². The van der Waals surface area contributed by atoms with Crippen LogP contribution in [0.4, 0.5) is 0 Å². The van der Waals surface area contributed by atoms with Crippen LogP contribution in [-0.4, -0.2) is 10.5 Å². The van der Waals surface area contributed by atoms with Crippen molar-refractivity contribution in [3.05, 3.63) is 0 Å². The summed E-state index contributed by atoms with van der Waals surface area (Å²) in [5, 5.41) is 0. The SMILES string of the molecule is CCCCC(C)(C)OP(O)(=S)S. The van der Waals surface area contributed by atoms with Gasteiger partial charge in [-0.25, -0.2) is 0 Å². The molecule has 12 heavy (non-hydrogen) atoms. The Kier molecular flexibility index (Phi) is 5.35. The molecule has 0 aliphatic rings. The van der Waals surface area contributed by atoms with Crippen LogP contribution >= 0.6 is 17.9 Å². The first kappa shape index (κ1) is 12.9. The maximum absolute atomic E-state index is 9.22. The fourth-order valence-electron chi connectivity index (χ4n) is 0.970. The van der Waals surface area contributed by atoms with E-state index in [1.807, 2.05) is 13.8 Å². The molecule has 5 heteroatoms. The second-order valence-electron chi connectivity index (χ2n) is 3.45. The zero-order valence-corrected chi connectivity index (χ0v) is 10.4. The first-order chi connectivity index (χ1) is 5.27. The van der Waals surface area contributed by atoms with E-state index in [4.69, 9.17) is 16.3 Å². The number of hydrogen-bond donors (Lipinski definition) is 2. The van der Waals surface area contributed by atoms with Gasteiger partial charge in [-0.3, -0.25) is 0 Å². The second kappa shape index (κ2) is 4.97. The van der Waals surface area contributed by atoms with Gasteiger partial charge in [0, 0.05) is 0 Å². The highest BCUT2D eigenvalue weighted by molar-refractivity contribution is 8.59. The summed E-state index contributed by atoms with van der Waals surface area (Å²) in [6, 6.07) is 0. The third-order valence-electron chi connectivity index (χ3n) is 1.50. The summed E-state index contributed by atoms with van der Waals surface area (Å²) in [5.74, 6) is 0. The molecular formula is C7H17O2PS2.